The van der Waals surface area contributed by atoms with E-state index in [0.717, 1.165) is 6.42 Å². The molecule has 0 fully saturated rings. The van der Waals surface area contributed by atoms with Crippen LogP contribution in [0, 0.1) is 0 Å². The molecule has 0 heterocycles. The highest BCUT2D eigenvalue weighted by atomic mass is 13.9. The van der Waals surface area contributed by atoms with Gasteiger partial charge in [-0.05, 0) is 34.1 Å². The SMILES string of the molecule is C/C=C(/C)CC=C(C)C.CC.CC. The van der Waals surface area contributed by atoms with Crippen molar-refractivity contribution < 1.29 is 0 Å². The maximum absolute atomic E-state index is 2.25. The summed E-state index contributed by atoms with van der Waals surface area (Å²) in [5, 5.41) is 0. The summed E-state index contributed by atoms with van der Waals surface area (Å²) in [4.78, 5) is 0. The van der Waals surface area contributed by atoms with E-state index in [2.05, 4.69) is 39.8 Å². The molecule has 0 aliphatic carbocycles. The van der Waals surface area contributed by atoms with Gasteiger partial charge in [-0.15, -0.1) is 0 Å². The molecule has 0 aliphatic rings. The summed E-state index contributed by atoms with van der Waals surface area (Å²) in [5.41, 5.74) is 2.84. The molecule has 0 aromatic carbocycles. The molecular weight excluding hydrogens is 156 g/mol. The molecule has 0 heteroatoms. The Hall–Kier alpha value is -0.520. The molecule has 80 valence electrons. The lowest BCUT2D eigenvalue weighted by Gasteiger charge is -1.92. The average molecular weight is 184 g/mol. The number of hydrogen-bond donors (Lipinski definition) is 0. The molecule has 0 unspecified atom stereocenters. The van der Waals surface area contributed by atoms with Crippen LogP contribution in [0.1, 0.15) is 61.8 Å². The smallest absolute Gasteiger partial charge is 0.0139 e. The Labute approximate surface area is 85.8 Å². The van der Waals surface area contributed by atoms with Crippen LogP contribution in [0.25, 0.3) is 0 Å². The van der Waals surface area contributed by atoms with Gasteiger partial charge in [0.05, 0.1) is 0 Å². The lowest BCUT2D eigenvalue weighted by Crippen LogP contribution is -1.71. The second-order valence-corrected chi connectivity index (χ2v) is 2.62. The minimum absolute atomic E-state index is 1.11. The normalized spacial score (nSPS) is 8.77. The minimum atomic E-state index is 1.11. The molecule has 0 rings (SSSR count). The summed E-state index contributed by atoms with van der Waals surface area (Å²) in [6, 6.07) is 0. The van der Waals surface area contributed by atoms with E-state index >= 15 is 0 Å². The maximum Gasteiger partial charge on any atom is -0.0139 e. The number of allylic oxidation sites excluding steroid dienone is 4. The average Bonchev–Trinajstić information content (AvgIpc) is 2.20. The van der Waals surface area contributed by atoms with Crippen molar-refractivity contribution in [3.63, 3.8) is 0 Å². The van der Waals surface area contributed by atoms with Crippen LogP contribution >= 0.6 is 0 Å². The quantitative estimate of drug-likeness (QED) is 0.507. The van der Waals surface area contributed by atoms with Gasteiger partial charge in [0.2, 0.25) is 0 Å². The fourth-order valence-electron chi connectivity index (χ4n) is 0.483. The van der Waals surface area contributed by atoms with Crippen molar-refractivity contribution in [2.45, 2.75) is 61.8 Å². The first kappa shape index (κ1) is 18.3. The van der Waals surface area contributed by atoms with Crippen LogP contribution in [0.2, 0.25) is 0 Å². The highest BCUT2D eigenvalue weighted by Crippen LogP contribution is 2.02. The van der Waals surface area contributed by atoms with E-state index in [4.69, 9.17) is 0 Å². The highest BCUT2D eigenvalue weighted by molar-refractivity contribution is 5.06. The Kier molecular flexibility index (Phi) is 24.7. The Morgan fingerprint density at radius 1 is 0.923 bits per heavy atom. The van der Waals surface area contributed by atoms with Crippen molar-refractivity contribution >= 4 is 0 Å². The van der Waals surface area contributed by atoms with Gasteiger partial charge in [0.25, 0.3) is 0 Å². The van der Waals surface area contributed by atoms with Crippen molar-refractivity contribution in [1.82, 2.24) is 0 Å². The number of hydrogen-bond acceptors (Lipinski definition) is 0. The van der Waals surface area contributed by atoms with E-state index in [-0.39, 0.29) is 0 Å². The van der Waals surface area contributed by atoms with Gasteiger partial charge in [-0.3, -0.25) is 0 Å². The molecule has 0 saturated heterocycles. The lowest BCUT2D eigenvalue weighted by molar-refractivity contribution is 1.16. The summed E-state index contributed by atoms with van der Waals surface area (Å²) >= 11 is 0. The Balaban J connectivity index is -0.000000218. The van der Waals surface area contributed by atoms with E-state index in [1.807, 2.05) is 27.7 Å². The zero-order valence-corrected chi connectivity index (χ0v) is 10.9. The molecule has 0 atom stereocenters. The van der Waals surface area contributed by atoms with E-state index in [1.54, 1.807) is 0 Å². The van der Waals surface area contributed by atoms with E-state index in [9.17, 15) is 0 Å². The maximum atomic E-state index is 2.25. The minimum Gasteiger partial charge on any atom is -0.0884 e. The van der Waals surface area contributed by atoms with Crippen molar-refractivity contribution in [3.8, 4) is 0 Å². The molecule has 0 bridgehead atoms. The summed E-state index contributed by atoms with van der Waals surface area (Å²) in [6.45, 7) is 16.5. The summed E-state index contributed by atoms with van der Waals surface area (Å²) < 4.78 is 0. The molecule has 0 aromatic heterocycles. The van der Waals surface area contributed by atoms with Crippen molar-refractivity contribution in [3.05, 3.63) is 23.3 Å². The van der Waals surface area contributed by atoms with Crippen LogP contribution in [0.3, 0.4) is 0 Å². The van der Waals surface area contributed by atoms with Gasteiger partial charge < -0.3 is 0 Å². The van der Waals surface area contributed by atoms with E-state index in [1.165, 1.54) is 11.1 Å². The fraction of sp³-hybridized carbons (Fsp3) is 0.692. The standard InChI is InChI=1S/C9H16.2C2H6/c1-5-9(4)7-6-8(2)3;2*1-2/h5-6H,7H2,1-4H3;2*1-2H3/b9-5-;;. The second kappa shape index (κ2) is 17.5. The molecule has 0 nitrogen and oxygen atoms in total. The monoisotopic (exact) mass is 184 g/mol. The van der Waals surface area contributed by atoms with Crippen LogP contribution in [-0.4, -0.2) is 0 Å². The van der Waals surface area contributed by atoms with Gasteiger partial charge >= 0.3 is 0 Å². The van der Waals surface area contributed by atoms with Crippen LogP contribution in [0.5, 0.6) is 0 Å². The Morgan fingerprint density at radius 2 is 1.31 bits per heavy atom. The lowest BCUT2D eigenvalue weighted by atomic mass is 10.1. The van der Waals surface area contributed by atoms with Gasteiger partial charge in [0.1, 0.15) is 0 Å². The predicted molar refractivity (Wildman–Crippen MR) is 66.2 cm³/mol. The molecule has 13 heavy (non-hydrogen) atoms. The zero-order chi connectivity index (χ0) is 11.3. The summed E-state index contributed by atoms with van der Waals surface area (Å²) in [6.07, 6.45) is 5.51. The Morgan fingerprint density at radius 3 is 1.54 bits per heavy atom. The van der Waals surface area contributed by atoms with Crippen molar-refractivity contribution in [2.75, 3.05) is 0 Å². The zero-order valence-electron chi connectivity index (χ0n) is 10.9. The highest BCUT2D eigenvalue weighted by Gasteiger charge is 1.81. The molecule has 0 aromatic rings. The molecule has 0 spiro atoms. The van der Waals surface area contributed by atoms with Crippen LogP contribution < -0.4 is 0 Å². The van der Waals surface area contributed by atoms with Crippen molar-refractivity contribution in [2.24, 2.45) is 0 Å². The number of rotatable bonds is 2. The van der Waals surface area contributed by atoms with Gasteiger partial charge in [0, 0.05) is 0 Å². The van der Waals surface area contributed by atoms with E-state index in [0.29, 0.717) is 0 Å². The predicted octanol–water partition coefficient (Wildman–Crippen LogP) is 5.36. The fourth-order valence-corrected chi connectivity index (χ4v) is 0.483. The van der Waals surface area contributed by atoms with E-state index < -0.39 is 0 Å². The third kappa shape index (κ3) is 24.6. The van der Waals surface area contributed by atoms with Gasteiger partial charge in [0.15, 0.2) is 0 Å². The van der Waals surface area contributed by atoms with Gasteiger partial charge in [-0.1, -0.05) is 51.0 Å². The molecule has 0 radical (unpaired) electrons. The van der Waals surface area contributed by atoms with Crippen LogP contribution in [0.4, 0.5) is 0 Å². The Bertz CT molecular complexity index is 123. The van der Waals surface area contributed by atoms with Crippen LogP contribution in [-0.2, 0) is 0 Å². The van der Waals surface area contributed by atoms with Crippen LogP contribution in [0.15, 0.2) is 23.3 Å². The first-order chi connectivity index (χ1) is 6.16. The third-order valence-electron chi connectivity index (χ3n) is 1.33. The molecular formula is C13H28. The summed E-state index contributed by atoms with van der Waals surface area (Å²) in [5.74, 6) is 0. The molecule has 0 N–H and O–H groups in total. The first-order valence-corrected chi connectivity index (χ1v) is 5.42. The van der Waals surface area contributed by atoms with Gasteiger partial charge in [-0.25, -0.2) is 0 Å². The van der Waals surface area contributed by atoms with Crippen molar-refractivity contribution in [1.29, 1.82) is 0 Å². The largest absolute Gasteiger partial charge is 0.0884 e. The third-order valence-corrected chi connectivity index (χ3v) is 1.33. The summed E-state index contributed by atoms with van der Waals surface area (Å²) in [7, 11) is 0. The molecule has 0 saturated carbocycles. The topological polar surface area (TPSA) is 0 Å². The molecule has 0 aliphatic heterocycles. The molecule has 0 amide bonds. The van der Waals surface area contributed by atoms with Gasteiger partial charge in [-0.2, -0.15) is 0 Å². The second-order valence-electron chi connectivity index (χ2n) is 2.62. The first-order valence-electron chi connectivity index (χ1n) is 5.42.